The van der Waals surface area contributed by atoms with E-state index in [1.54, 1.807) is 6.20 Å². The van der Waals surface area contributed by atoms with Crippen LogP contribution in [0.4, 0.5) is 5.95 Å². The topological polar surface area (TPSA) is 106 Å². The van der Waals surface area contributed by atoms with Crippen LogP contribution in [0.1, 0.15) is 34.8 Å². The number of hydrogen-bond donors (Lipinski definition) is 1. The number of nitrogens with zero attached hydrogens (tertiary/aromatic N) is 6. The Balaban J connectivity index is 1.70. The molecule has 0 saturated carbocycles. The number of aryl methyl sites for hydroxylation is 1. The SMILES string of the molecule is COc1nc(CNC(=O)c2cnc(C)cn2)nc(N2CCCC2)n1. The zero-order valence-electron chi connectivity index (χ0n) is 13.7. The maximum atomic E-state index is 12.1. The van der Waals surface area contributed by atoms with Crippen molar-refractivity contribution in [1.82, 2.24) is 30.2 Å². The lowest BCUT2D eigenvalue weighted by molar-refractivity contribution is 0.0944. The summed E-state index contributed by atoms with van der Waals surface area (Å²) in [5.41, 5.74) is 1.00. The summed E-state index contributed by atoms with van der Waals surface area (Å²) in [4.78, 5) is 35.2. The Hall–Kier alpha value is -2.84. The van der Waals surface area contributed by atoms with E-state index in [1.807, 2.05) is 6.92 Å². The number of methoxy groups -OCH3 is 1. The van der Waals surface area contributed by atoms with E-state index in [2.05, 4.69) is 35.1 Å². The van der Waals surface area contributed by atoms with Gasteiger partial charge in [-0.2, -0.15) is 15.0 Å². The van der Waals surface area contributed by atoms with E-state index in [0.717, 1.165) is 31.6 Å². The molecular formula is C15H19N7O2. The van der Waals surface area contributed by atoms with Gasteiger partial charge in [0.05, 0.1) is 25.5 Å². The van der Waals surface area contributed by atoms with Crippen LogP contribution in [0.25, 0.3) is 0 Å². The summed E-state index contributed by atoms with van der Waals surface area (Å²) in [5, 5.41) is 2.74. The maximum absolute atomic E-state index is 12.1. The van der Waals surface area contributed by atoms with Crippen LogP contribution in [0.5, 0.6) is 6.01 Å². The summed E-state index contributed by atoms with van der Waals surface area (Å²) in [5.74, 6) is 0.695. The van der Waals surface area contributed by atoms with Crippen molar-refractivity contribution < 1.29 is 9.53 Å². The molecule has 1 aliphatic heterocycles. The second-order valence-corrected chi connectivity index (χ2v) is 5.46. The number of carbonyl (C=O) groups is 1. The monoisotopic (exact) mass is 329 g/mol. The highest BCUT2D eigenvalue weighted by Gasteiger charge is 2.18. The first-order valence-corrected chi connectivity index (χ1v) is 7.76. The molecule has 1 N–H and O–H groups in total. The molecule has 0 bridgehead atoms. The first kappa shape index (κ1) is 16.0. The minimum absolute atomic E-state index is 0.161. The summed E-state index contributed by atoms with van der Waals surface area (Å²) >= 11 is 0. The van der Waals surface area contributed by atoms with E-state index < -0.39 is 0 Å². The summed E-state index contributed by atoms with van der Waals surface area (Å²) in [7, 11) is 1.51. The summed E-state index contributed by atoms with van der Waals surface area (Å²) in [6.07, 6.45) is 5.22. The standard InChI is InChI=1S/C15H19N7O2/c1-10-7-17-11(8-16-10)13(23)18-9-12-19-14(21-15(20-12)24-2)22-5-3-4-6-22/h7-8H,3-6,9H2,1-2H3,(H,18,23). The van der Waals surface area contributed by atoms with Crippen LogP contribution in [0, 0.1) is 6.92 Å². The summed E-state index contributed by atoms with van der Waals surface area (Å²) in [6, 6.07) is 0.242. The molecule has 9 nitrogen and oxygen atoms in total. The molecule has 3 heterocycles. The van der Waals surface area contributed by atoms with Crippen LogP contribution in [0.3, 0.4) is 0 Å². The molecule has 0 radical (unpaired) electrons. The van der Waals surface area contributed by atoms with Gasteiger partial charge in [-0.3, -0.25) is 9.78 Å². The van der Waals surface area contributed by atoms with Gasteiger partial charge >= 0.3 is 6.01 Å². The van der Waals surface area contributed by atoms with E-state index in [1.165, 1.54) is 13.3 Å². The number of anilines is 1. The fourth-order valence-corrected chi connectivity index (χ4v) is 2.38. The van der Waals surface area contributed by atoms with Gasteiger partial charge in [-0.05, 0) is 19.8 Å². The Morgan fingerprint density at radius 2 is 2.00 bits per heavy atom. The lowest BCUT2D eigenvalue weighted by Gasteiger charge is -2.16. The minimum atomic E-state index is -0.329. The number of amides is 1. The van der Waals surface area contributed by atoms with Crippen molar-refractivity contribution >= 4 is 11.9 Å². The normalized spacial score (nSPS) is 13.8. The van der Waals surface area contributed by atoms with Gasteiger partial charge in [0, 0.05) is 19.3 Å². The van der Waals surface area contributed by atoms with Crippen LogP contribution in [0.2, 0.25) is 0 Å². The molecule has 2 aromatic rings. The van der Waals surface area contributed by atoms with Crippen molar-refractivity contribution in [2.75, 3.05) is 25.1 Å². The Labute approximate surface area is 139 Å². The number of nitrogens with one attached hydrogen (secondary N) is 1. The average molecular weight is 329 g/mol. The smallest absolute Gasteiger partial charge is 0.321 e. The quantitative estimate of drug-likeness (QED) is 0.845. The van der Waals surface area contributed by atoms with Gasteiger partial charge in [0.2, 0.25) is 5.95 Å². The molecule has 0 unspecified atom stereocenters. The van der Waals surface area contributed by atoms with Crippen molar-refractivity contribution in [1.29, 1.82) is 0 Å². The van der Waals surface area contributed by atoms with Gasteiger partial charge in [0.1, 0.15) is 5.69 Å². The lowest BCUT2D eigenvalue weighted by Crippen LogP contribution is -2.27. The third kappa shape index (κ3) is 3.73. The maximum Gasteiger partial charge on any atom is 0.321 e. The van der Waals surface area contributed by atoms with E-state index in [-0.39, 0.29) is 24.2 Å². The first-order valence-electron chi connectivity index (χ1n) is 7.76. The fraction of sp³-hybridized carbons (Fsp3) is 0.467. The predicted molar refractivity (Wildman–Crippen MR) is 85.8 cm³/mol. The number of carbonyl (C=O) groups excluding carboxylic acids is 1. The molecule has 126 valence electrons. The fourth-order valence-electron chi connectivity index (χ4n) is 2.38. The van der Waals surface area contributed by atoms with E-state index >= 15 is 0 Å². The molecule has 0 aromatic carbocycles. The van der Waals surface area contributed by atoms with Gasteiger partial charge in [0.15, 0.2) is 5.82 Å². The van der Waals surface area contributed by atoms with E-state index in [0.29, 0.717) is 11.8 Å². The van der Waals surface area contributed by atoms with Crippen molar-refractivity contribution in [2.24, 2.45) is 0 Å². The number of ether oxygens (including phenoxy) is 1. The molecule has 1 saturated heterocycles. The Morgan fingerprint density at radius 1 is 1.21 bits per heavy atom. The Kier molecular flexibility index (Phi) is 4.78. The molecule has 24 heavy (non-hydrogen) atoms. The molecule has 3 rings (SSSR count). The van der Waals surface area contributed by atoms with Gasteiger partial charge in [-0.15, -0.1) is 0 Å². The minimum Gasteiger partial charge on any atom is -0.467 e. The molecule has 1 fully saturated rings. The third-order valence-corrected chi connectivity index (χ3v) is 3.64. The molecule has 2 aromatic heterocycles. The molecular weight excluding hydrogens is 310 g/mol. The van der Waals surface area contributed by atoms with Crippen molar-refractivity contribution in [3.05, 3.63) is 29.6 Å². The zero-order chi connectivity index (χ0) is 16.9. The lowest BCUT2D eigenvalue weighted by atomic mass is 10.4. The van der Waals surface area contributed by atoms with Crippen LogP contribution in [0.15, 0.2) is 12.4 Å². The highest BCUT2D eigenvalue weighted by atomic mass is 16.5. The highest BCUT2D eigenvalue weighted by molar-refractivity contribution is 5.91. The second-order valence-electron chi connectivity index (χ2n) is 5.46. The summed E-state index contributed by atoms with van der Waals surface area (Å²) < 4.78 is 5.14. The molecule has 0 spiro atoms. The van der Waals surface area contributed by atoms with Crippen molar-refractivity contribution in [3.63, 3.8) is 0 Å². The molecule has 9 heteroatoms. The number of hydrogen-bond acceptors (Lipinski definition) is 8. The van der Waals surface area contributed by atoms with E-state index in [4.69, 9.17) is 4.74 Å². The average Bonchev–Trinajstić information content (AvgIpc) is 3.14. The molecule has 1 aliphatic rings. The third-order valence-electron chi connectivity index (χ3n) is 3.64. The number of aromatic nitrogens is 5. The van der Waals surface area contributed by atoms with E-state index in [9.17, 15) is 4.79 Å². The number of rotatable bonds is 5. The Morgan fingerprint density at radius 3 is 2.67 bits per heavy atom. The van der Waals surface area contributed by atoms with Gasteiger partial charge in [0.25, 0.3) is 5.91 Å². The predicted octanol–water partition coefficient (Wildman–Crippen LogP) is 0.509. The molecule has 0 atom stereocenters. The van der Waals surface area contributed by atoms with Gasteiger partial charge in [-0.1, -0.05) is 0 Å². The zero-order valence-corrected chi connectivity index (χ0v) is 13.7. The summed E-state index contributed by atoms with van der Waals surface area (Å²) in [6.45, 7) is 3.80. The molecule has 0 aliphatic carbocycles. The highest BCUT2D eigenvalue weighted by Crippen LogP contribution is 2.17. The van der Waals surface area contributed by atoms with Gasteiger partial charge in [-0.25, -0.2) is 4.98 Å². The largest absolute Gasteiger partial charge is 0.467 e. The molecule has 1 amide bonds. The first-order chi connectivity index (χ1) is 11.7. The van der Waals surface area contributed by atoms with Crippen LogP contribution in [-0.4, -0.2) is 51.0 Å². The van der Waals surface area contributed by atoms with Crippen LogP contribution in [-0.2, 0) is 6.54 Å². The van der Waals surface area contributed by atoms with Crippen LogP contribution >= 0.6 is 0 Å². The Bertz CT molecular complexity index is 714. The van der Waals surface area contributed by atoms with Gasteiger partial charge < -0.3 is 15.0 Å². The van der Waals surface area contributed by atoms with Crippen molar-refractivity contribution in [2.45, 2.75) is 26.3 Å². The van der Waals surface area contributed by atoms with Crippen LogP contribution < -0.4 is 15.0 Å². The van der Waals surface area contributed by atoms with Crippen molar-refractivity contribution in [3.8, 4) is 6.01 Å². The second kappa shape index (κ2) is 7.16.